The second-order valence-corrected chi connectivity index (χ2v) is 6.03. The van der Waals surface area contributed by atoms with Crippen LogP contribution in [0.2, 0.25) is 0 Å². The Hall–Kier alpha value is -2.08. The zero-order valence-corrected chi connectivity index (χ0v) is 12.6. The summed E-state index contributed by atoms with van der Waals surface area (Å²) in [6.07, 6.45) is 0.508. The van der Waals surface area contributed by atoms with Gasteiger partial charge in [0.15, 0.2) is 5.16 Å². The number of nitrogens with one attached hydrogen (secondary N) is 1. The van der Waals surface area contributed by atoms with E-state index in [2.05, 4.69) is 9.97 Å². The predicted octanol–water partition coefficient (Wildman–Crippen LogP) is 2.23. The number of aliphatic carboxylic acids is 1. The molecular weight excluding hydrogens is 288 g/mol. The first kappa shape index (κ1) is 15.3. The maximum atomic E-state index is 12.2. The summed E-state index contributed by atoms with van der Waals surface area (Å²) in [7, 11) is 0. The smallest absolute Gasteiger partial charge is 0.316 e. The highest BCUT2D eigenvalue weighted by atomic mass is 32.2. The van der Waals surface area contributed by atoms with Gasteiger partial charge >= 0.3 is 5.97 Å². The molecule has 5 nitrogen and oxygen atoms in total. The molecule has 0 aliphatic rings. The lowest BCUT2D eigenvalue weighted by Crippen LogP contribution is -2.19. The Morgan fingerprint density at radius 3 is 2.62 bits per heavy atom. The van der Waals surface area contributed by atoms with Gasteiger partial charge < -0.3 is 10.1 Å². The van der Waals surface area contributed by atoms with Gasteiger partial charge in [-0.2, -0.15) is 0 Å². The molecular formula is C15H16N2O3S. The summed E-state index contributed by atoms with van der Waals surface area (Å²) in [6.45, 7) is 3.32. The second-order valence-electron chi connectivity index (χ2n) is 4.70. The number of carboxylic acid groups (broad SMARTS) is 1. The standard InChI is InChI=1S/C15H16N2O3S/c1-9-12(8-11-6-4-3-5-7-11)13(18)17-15(16-9)21-10(2)14(19)20/h3-7,10H,8H2,1-2H3,(H,19,20)(H,16,17,18)/t10-/m1/s1. The number of hydrogen-bond donors (Lipinski definition) is 2. The quantitative estimate of drug-likeness (QED) is 0.654. The van der Waals surface area contributed by atoms with E-state index in [1.54, 1.807) is 13.8 Å². The van der Waals surface area contributed by atoms with E-state index in [1.807, 2.05) is 30.3 Å². The summed E-state index contributed by atoms with van der Waals surface area (Å²) >= 11 is 1.03. The molecule has 2 rings (SSSR count). The van der Waals surface area contributed by atoms with Crippen molar-refractivity contribution in [2.75, 3.05) is 0 Å². The molecule has 0 saturated carbocycles. The van der Waals surface area contributed by atoms with E-state index in [0.29, 0.717) is 22.8 Å². The number of aryl methyl sites for hydroxylation is 1. The molecule has 0 amide bonds. The molecule has 0 bridgehead atoms. The molecule has 6 heteroatoms. The molecule has 1 heterocycles. The zero-order valence-electron chi connectivity index (χ0n) is 11.8. The van der Waals surface area contributed by atoms with Crippen LogP contribution in [0, 0.1) is 6.92 Å². The van der Waals surface area contributed by atoms with Crippen molar-refractivity contribution in [3.63, 3.8) is 0 Å². The number of aromatic nitrogens is 2. The van der Waals surface area contributed by atoms with Gasteiger partial charge in [-0.15, -0.1) is 0 Å². The molecule has 0 unspecified atom stereocenters. The van der Waals surface area contributed by atoms with Crippen molar-refractivity contribution in [2.45, 2.75) is 30.7 Å². The first-order valence-electron chi connectivity index (χ1n) is 6.50. The van der Waals surface area contributed by atoms with Crippen molar-refractivity contribution in [3.8, 4) is 0 Å². The number of carbonyl (C=O) groups is 1. The van der Waals surface area contributed by atoms with E-state index in [0.717, 1.165) is 17.3 Å². The van der Waals surface area contributed by atoms with Crippen LogP contribution in [0.1, 0.15) is 23.7 Å². The molecule has 21 heavy (non-hydrogen) atoms. The molecule has 0 aliphatic heterocycles. The third-order valence-electron chi connectivity index (χ3n) is 3.06. The van der Waals surface area contributed by atoms with Crippen molar-refractivity contribution in [2.24, 2.45) is 0 Å². The highest BCUT2D eigenvalue weighted by Crippen LogP contribution is 2.19. The van der Waals surface area contributed by atoms with Crippen LogP contribution in [-0.4, -0.2) is 26.3 Å². The number of carboxylic acids is 1. The van der Waals surface area contributed by atoms with Gasteiger partial charge in [-0.05, 0) is 19.4 Å². The molecule has 0 fully saturated rings. The second kappa shape index (κ2) is 6.58. The molecule has 0 spiro atoms. The topological polar surface area (TPSA) is 83.0 Å². The van der Waals surface area contributed by atoms with Crippen LogP contribution < -0.4 is 5.56 Å². The van der Waals surface area contributed by atoms with Crippen LogP contribution in [0.3, 0.4) is 0 Å². The van der Waals surface area contributed by atoms with E-state index < -0.39 is 11.2 Å². The zero-order chi connectivity index (χ0) is 15.4. The van der Waals surface area contributed by atoms with Crippen LogP contribution >= 0.6 is 11.8 Å². The van der Waals surface area contributed by atoms with Crippen molar-refractivity contribution in [1.29, 1.82) is 0 Å². The minimum absolute atomic E-state index is 0.216. The molecule has 110 valence electrons. The summed E-state index contributed by atoms with van der Waals surface area (Å²) < 4.78 is 0. The van der Waals surface area contributed by atoms with Crippen LogP contribution in [0.15, 0.2) is 40.3 Å². The van der Waals surface area contributed by atoms with Gasteiger partial charge in [-0.25, -0.2) is 4.98 Å². The Bertz CT molecular complexity index is 698. The van der Waals surface area contributed by atoms with Gasteiger partial charge in [-0.1, -0.05) is 42.1 Å². The molecule has 2 N–H and O–H groups in total. The van der Waals surface area contributed by atoms with Crippen LogP contribution in [0.4, 0.5) is 0 Å². The van der Waals surface area contributed by atoms with Gasteiger partial charge in [0.25, 0.3) is 5.56 Å². The maximum Gasteiger partial charge on any atom is 0.316 e. The lowest BCUT2D eigenvalue weighted by molar-refractivity contribution is -0.136. The van der Waals surface area contributed by atoms with Crippen molar-refractivity contribution < 1.29 is 9.90 Å². The summed E-state index contributed by atoms with van der Waals surface area (Å²) in [4.78, 5) is 30.0. The van der Waals surface area contributed by atoms with E-state index in [9.17, 15) is 9.59 Å². The highest BCUT2D eigenvalue weighted by molar-refractivity contribution is 8.00. The summed E-state index contributed by atoms with van der Waals surface area (Å²) in [5.41, 5.74) is 2.05. The van der Waals surface area contributed by atoms with E-state index in [-0.39, 0.29) is 5.56 Å². The number of rotatable bonds is 5. The Morgan fingerprint density at radius 1 is 1.38 bits per heavy atom. The third-order valence-corrected chi connectivity index (χ3v) is 4.03. The van der Waals surface area contributed by atoms with Crippen LogP contribution in [0.5, 0.6) is 0 Å². The van der Waals surface area contributed by atoms with Crippen molar-refractivity contribution >= 4 is 17.7 Å². The summed E-state index contributed by atoms with van der Waals surface area (Å²) in [6, 6.07) is 9.67. The lowest BCUT2D eigenvalue weighted by Gasteiger charge is -2.09. The number of nitrogens with zero attached hydrogens (tertiary/aromatic N) is 1. The number of benzene rings is 1. The van der Waals surface area contributed by atoms with E-state index in [1.165, 1.54) is 0 Å². The molecule has 0 radical (unpaired) electrons. The predicted molar refractivity (Wildman–Crippen MR) is 81.8 cm³/mol. The average molecular weight is 304 g/mol. The average Bonchev–Trinajstić information content (AvgIpc) is 2.44. The Labute approximate surface area is 126 Å². The fourth-order valence-corrected chi connectivity index (χ4v) is 2.64. The largest absolute Gasteiger partial charge is 0.480 e. The monoisotopic (exact) mass is 304 g/mol. The van der Waals surface area contributed by atoms with Crippen molar-refractivity contribution in [3.05, 3.63) is 57.5 Å². The minimum atomic E-state index is -0.936. The van der Waals surface area contributed by atoms with E-state index >= 15 is 0 Å². The van der Waals surface area contributed by atoms with Crippen molar-refractivity contribution in [1.82, 2.24) is 9.97 Å². The highest BCUT2D eigenvalue weighted by Gasteiger charge is 2.16. The molecule has 0 saturated heterocycles. The molecule has 1 aromatic heterocycles. The maximum absolute atomic E-state index is 12.2. The van der Waals surface area contributed by atoms with Crippen LogP contribution in [-0.2, 0) is 11.2 Å². The molecule has 2 aromatic rings. The number of hydrogen-bond acceptors (Lipinski definition) is 4. The Balaban J connectivity index is 2.26. The minimum Gasteiger partial charge on any atom is -0.480 e. The van der Waals surface area contributed by atoms with Crippen LogP contribution in [0.25, 0.3) is 0 Å². The fraction of sp³-hybridized carbons (Fsp3) is 0.267. The van der Waals surface area contributed by atoms with E-state index in [4.69, 9.17) is 5.11 Å². The first-order valence-corrected chi connectivity index (χ1v) is 7.38. The number of H-pyrrole nitrogens is 1. The van der Waals surface area contributed by atoms with Gasteiger partial charge in [-0.3, -0.25) is 9.59 Å². The first-order chi connectivity index (χ1) is 9.97. The van der Waals surface area contributed by atoms with Gasteiger partial charge in [0.2, 0.25) is 0 Å². The summed E-state index contributed by atoms with van der Waals surface area (Å²) in [5.74, 6) is -0.936. The number of thioether (sulfide) groups is 1. The SMILES string of the molecule is Cc1nc(S[C@H](C)C(=O)O)[nH]c(=O)c1Cc1ccccc1. The fourth-order valence-electron chi connectivity index (χ4n) is 1.87. The third kappa shape index (κ3) is 3.95. The molecule has 1 aromatic carbocycles. The van der Waals surface area contributed by atoms with Gasteiger partial charge in [0.05, 0.1) is 0 Å². The lowest BCUT2D eigenvalue weighted by atomic mass is 10.1. The molecule has 1 atom stereocenters. The van der Waals surface area contributed by atoms with Gasteiger partial charge in [0, 0.05) is 17.7 Å². The Kier molecular flexibility index (Phi) is 4.80. The normalized spacial score (nSPS) is 12.1. The summed E-state index contributed by atoms with van der Waals surface area (Å²) in [5, 5.41) is 8.57. The number of aromatic amines is 1. The Morgan fingerprint density at radius 2 is 2.05 bits per heavy atom. The molecule has 0 aliphatic carbocycles. The van der Waals surface area contributed by atoms with Gasteiger partial charge in [0.1, 0.15) is 5.25 Å².